The van der Waals surface area contributed by atoms with E-state index in [1.165, 1.54) is 12.8 Å². The van der Waals surface area contributed by atoms with Crippen LogP contribution in [0, 0.1) is 5.92 Å². The molecule has 2 unspecified atom stereocenters. The van der Waals surface area contributed by atoms with E-state index in [2.05, 4.69) is 19.2 Å². The summed E-state index contributed by atoms with van der Waals surface area (Å²) in [7, 11) is 0. The molecule has 0 radical (unpaired) electrons. The Labute approximate surface area is 103 Å². The molecule has 0 amide bonds. The van der Waals surface area contributed by atoms with E-state index in [1.54, 1.807) is 0 Å². The van der Waals surface area contributed by atoms with E-state index in [1.807, 2.05) is 24.3 Å². The summed E-state index contributed by atoms with van der Waals surface area (Å²) < 4.78 is 0. The van der Waals surface area contributed by atoms with Gasteiger partial charge in [-0.15, -0.1) is 0 Å². The van der Waals surface area contributed by atoms with E-state index in [-0.39, 0.29) is 0 Å². The van der Waals surface area contributed by atoms with Gasteiger partial charge in [-0.25, -0.2) is 0 Å². The molecule has 0 saturated heterocycles. The van der Waals surface area contributed by atoms with Crippen molar-refractivity contribution in [3.63, 3.8) is 0 Å². The summed E-state index contributed by atoms with van der Waals surface area (Å²) >= 11 is 5.84. The Balaban J connectivity index is 2.59. The van der Waals surface area contributed by atoms with Gasteiger partial charge >= 0.3 is 0 Å². The molecule has 90 valence electrons. The van der Waals surface area contributed by atoms with Crippen LogP contribution >= 0.6 is 11.6 Å². The molecule has 1 aromatic rings. The molecule has 0 aliphatic carbocycles. The molecule has 0 saturated carbocycles. The fraction of sp³-hybridized carbons (Fsp3) is 0.538. The fourth-order valence-electron chi connectivity index (χ4n) is 1.85. The van der Waals surface area contributed by atoms with Crippen molar-refractivity contribution < 1.29 is 0 Å². The summed E-state index contributed by atoms with van der Waals surface area (Å²) in [6, 6.07) is 8.10. The SMILES string of the molecule is CCCC(C)C(CN)Nc1ccc(Cl)cc1. The van der Waals surface area contributed by atoms with Gasteiger partial charge in [0.15, 0.2) is 0 Å². The summed E-state index contributed by atoms with van der Waals surface area (Å²) in [4.78, 5) is 0. The minimum atomic E-state index is 0.334. The van der Waals surface area contributed by atoms with Gasteiger partial charge in [0.05, 0.1) is 0 Å². The summed E-state index contributed by atoms with van der Waals surface area (Å²) in [6.07, 6.45) is 2.39. The average Bonchev–Trinajstić information content (AvgIpc) is 2.28. The molecule has 0 heterocycles. The molecule has 16 heavy (non-hydrogen) atoms. The van der Waals surface area contributed by atoms with Crippen molar-refractivity contribution >= 4 is 17.3 Å². The molecule has 0 aromatic heterocycles. The average molecular weight is 241 g/mol. The van der Waals surface area contributed by atoms with Crippen molar-refractivity contribution in [1.82, 2.24) is 0 Å². The predicted molar refractivity (Wildman–Crippen MR) is 72.0 cm³/mol. The smallest absolute Gasteiger partial charge is 0.0409 e. The van der Waals surface area contributed by atoms with E-state index in [9.17, 15) is 0 Å². The van der Waals surface area contributed by atoms with Crippen LogP contribution in [0.1, 0.15) is 26.7 Å². The molecule has 0 bridgehead atoms. The molecular formula is C13H21ClN2. The van der Waals surface area contributed by atoms with Crippen LogP contribution in [0.4, 0.5) is 5.69 Å². The molecule has 0 aliphatic heterocycles. The quantitative estimate of drug-likeness (QED) is 0.799. The monoisotopic (exact) mass is 240 g/mol. The Morgan fingerprint density at radius 1 is 1.31 bits per heavy atom. The maximum Gasteiger partial charge on any atom is 0.0409 e. The number of anilines is 1. The molecule has 1 rings (SSSR count). The van der Waals surface area contributed by atoms with Crippen molar-refractivity contribution in [2.45, 2.75) is 32.7 Å². The van der Waals surface area contributed by atoms with E-state index in [0.717, 1.165) is 10.7 Å². The lowest BCUT2D eigenvalue weighted by molar-refractivity contribution is 0.450. The molecular weight excluding hydrogens is 220 g/mol. The van der Waals surface area contributed by atoms with Crippen LogP contribution in [-0.4, -0.2) is 12.6 Å². The molecule has 3 heteroatoms. The minimum absolute atomic E-state index is 0.334. The van der Waals surface area contributed by atoms with Gasteiger partial charge in [0.1, 0.15) is 0 Å². The van der Waals surface area contributed by atoms with Crippen LogP contribution in [0.25, 0.3) is 0 Å². The number of benzene rings is 1. The Bertz CT molecular complexity index is 297. The lowest BCUT2D eigenvalue weighted by Crippen LogP contribution is -2.34. The maximum atomic E-state index is 5.84. The van der Waals surface area contributed by atoms with Crippen molar-refractivity contribution in [2.24, 2.45) is 11.7 Å². The molecule has 0 aliphatic rings. The minimum Gasteiger partial charge on any atom is -0.381 e. The van der Waals surface area contributed by atoms with E-state index in [4.69, 9.17) is 17.3 Å². The summed E-state index contributed by atoms with van der Waals surface area (Å²) in [6.45, 7) is 5.10. The number of nitrogens with one attached hydrogen (secondary N) is 1. The highest BCUT2D eigenvalue weighted by Crippen LogP contribution is 2.18. The predicted octanol–water partition coefficient (Wildman–Crippen LogP) is 3.52. The Morgan fingerprint density at radius 2 is 1.94 bits per heavy atom. The van der Waals surface area contributed by atoms with Gasteiger partial charge in [-0.2, -0.15) is 0 Å². The van der Waals surface area contributed by atoms with Gasteiger partial charge < -0.3 is 11.1 Å². The summed E-state index contributed by atoms with van der Waals surface area (Å²) in [5.74, 6) is 0.589. The fourth-order valence-corrected chi connectivity index (χ4v) is 1.98. The van der Waals surface area contributed by atoms with Gasteiger partial charge in [-0.1, -0.05) is 31.9 Å². The second kappa shape index (κ2) is 6.77. The first kappa shape index (κ1) is 13.3. The zero-order valence-corrected chi connectivity index (χ0v) is 10.8. The van der Waals surface area contributed by atoms with Crippen LogP contribution < -0.4 is 11.1 Å². The highest BCUT2D eigenvalue weighted by atomic mass is 35.5. The highest BCUT2D eigenvalue weighted by Gasteiger charge is 2.14. The van der Waals surface area contributed by atoms with E-state index >= 15 is 0 Å². The van der Waals surface area contributed by atoms with Crippen molar-refractivity contribution in [1.29, 1.82) is 0 Å². The van der Waals surface area contributed by atoms with E-state index in [0.29, 0.717) is 18.5 Å². The number of nitrogens with two attached hydrogens (primary N) is 1. The Kier molecular flexibility index (Phi) is 5.64. The third-order valence-electron chi connectivity index (χ3n) is 2.88. The zero-order valence-electron chi connectivity index (χ0n) is 10.0. The highest BCUT2D eigenvalue weighted by molar-refractivity contribution is 6.30. The first-order chi connectivity index (χ1) is 7.67. The van der Waals surface area contributed by atoms with Crippen molar-refractivity contribution in [3.8, 4) is 0 Å². The standard InChI is InChI=1S/C13H21ClN2/c1-3-4-10(2)13(9-15)16-12-7-5-11(14)6-8-12/h5-8,10,13,16H,3-4,9,15H2,1-2H3. The van der Waals surface area contributed by atoms with Gasteiger partial charge in [0, 0.05) is 23.3 Å². The third kappa shape index (κ3) is 4.03. The van der Waals surface area contributed by atoms with Gasteiger partial charge in [0.25, 0.3) is 0 Å². The third-order valence-corrected chi connectivity index (χ3v) is 3.13. The van der Waals surface area contributed by atoms with Crippen LogP contribution in [0.5, 0.6) is 0 Å². The summed E-state index contributed by atoms with van der Waals surface area (Å²) in [5.41, 5.74) is 6.88. The normalized spacial score (nSPS) is 14.5. The molecule has 0 spiro atoms. The number of rotatable bonds is 6. The van der Waals surface area contributed by atoms with Crippen LogP contribution in [-0.2, 0) is 0 Å². The topological polar surface area (TPSA) is 38.0 Å². The van der Waals surface area contributed by atoms with Gasteiger partial charge in [-0.05, 0) is 36.6 Å². The molecule has 2 nitrogen and oxygen atoms in total. The zero-order chi connectivity index (χ0) is 12.0. The van der Waals surface area contributed by atoms with Gasteiger partial charge in [0.2, 0.25) is 0 Å². The van der Waals surface area contributed by atoms with Crippen LogP contribution in [0.15, 0.2) is 24.3 Å². The maximum absolute atomic E-state index is 5.84. The second-order valence-electron chi connectivity index (χ2n) is 4.26. The molecule has 3 N–H and O–H groups in total. The van der Waals surface area contributed by atoms with Crippen LogP contribution in [0.2, 0.25) is 5.02 Å². The molecule has 0 fully saturated rings. The van der Waals surface area contributed by atoms with E-state index < -0.39 is 0 Å². The van der Waals surface area contributed by atoms with Crippen molar-refractivity contribution in [2.75, 3.05) is 11.9 Å². The lowest BCUT2D eigenvalue weighted by atomic mass is 9.96. The molecule has 2 atom stereocenters. The second-order valence-corrected chi connectivity index (χ2v) is 4.70. The Hall–Kier alpha value is -0.730. The first-order valence-electron chi connectivity index (χ1n) is 5.89. The lowest BCUT2D eigenvalue weighted by Gasteiger charge is -2.24. The first-order valence-corrected chi connectivity index (χ1v) is 6.27. The molecule has 1 aromatic carbocycles. The number of hydrogen-bond acceptors (Lipinski definition) is 2. The Morgan fingerprint density at radius 3 is 2.44 bits per heavy atom. The summed E-state index contributed by atoms with van der Waals surface area (Å²) in [5, 5.41) is 4.22. The number of halogens is 1. The number of hydrogen-bond donors (Lipinski definition) is 2. The van der Waals surface area contributed by atoms with Crippen molar-refractivity contribution in [3.05, 3.63) is 29.3 Å². The van der Waals surface area contributed by atoms with Gasteiger partial charge in [-0.3, -0.25) is 0 Å². The van der Waals surface area contributed by atoms with Crippen LogP contribution in [0.3, 0.4) is 0 Å². The largest absolute Gasteiger partial charge is 0.381 e.